The Balaban J connectivity index is 1.22. The molecule has 0 heterocycles. The molecule has 0 saturated carbocycles. The summed E-state index contributed by atoms with van der Waals surface area (Å²) in [4.78, 5) is 24.7. The molecule has 0 N–H and O–H groups in total. The molecular weight excluding hydrogens is 440 g/mol. The Kier molecular flexibility index (Phi) is 8.28. The zero-order valence-electron chi connectivity index (χ0n) is 19.3. The van der Waals surface area contributed by atoms with Gasteiger partial charge in [0, 0.05) is 12.8 Å². The zero-order chi connectivity index (χ0) is 24.3. The molecule has 0 aliphatic rings. The maximum Gasteiger partial charge on any atom is 0.343 e. The summed E-state index contributed by atoms with van der Waals surface area (Å²) in [6.45, 7) is 0.848. The normalized spacial score (nSPS) is 10.4. The Morgan fingerprint density at radius 3 is 1.57 bits per heavy atom. The molecule has 0 aromatic heterocycles. The van der Waals surface area contributed by atoms with Crippen molar-refractivity contribution >= 4 is 11.9 Å². The van der Waals surface area contributed by atoms with Crippen LogP contribution in [-0.2, 0) is 17.6 Å². The van der Waals surface area contributed by atoms with Gasteiger partial charge in [0.1, 0.15) is 11.5 Å². The van der Waals surface area contributed by atoms with Gasteiger partial charge in [-0.2, -0.15) is 0 Å². The van der Waals surface area contributed by atoms with E-state index in [0.29, 0.717) is 42.3 Å². The molecule has 0 saturated heterocycles. The SMILES string of the molecule is O=C(OCCc1ccccc1)c1ccc(OC(=O)c2ccc(OCCc3ccccc3)cc2)cc1. The van der Waals surface area contributed by atoms with E-state index >= 15 is 0 Å². The molecule has 0 bridgehead atoms. The molecule has 176 valence electrons. The molecule has 4 rings (SSSR count). The van der Waals surface area contributed by atoms with Crippen LogP contribution in [0, 0.1) is 0 Å². The van der Waals surface area contributed by atoms with E-state index in [1.165, 1.54) is 5.56 Å². The van der Waals surface area contributed by atoms with Crippen molar-refractivity contribution in [2.45, 2.75) is 12.8 Å². The molecule has 0 amide bonds. The summed E-state index contributed by atoms with van der Waals surface area (Å²) in [5.41, 5.74) is 3.12. The number of rotatable bonds is 10. The highest BCUT2D eigenvalue weighted by atomic mass is 16.5. The number of esters is 2. The van der Waals surface area contributed by atoms with Crippen molar-refractivity contribution < 1.29 is 23.8 Å². The standard InChI is InChI=1S/C30H26O5/c31-29(34-22-20-24-9-5-2-6-10-24)25-13-17-28(18-14-25)35-30(32)26-11-15-27(16-12-26)33-21-19-23-7-3-1-4-8-23/h1-18H,19-22H2. The van der Waals surface area contributed by atoms with Gasteiger partial charge in [-0.1, -0.05) is 60.7 Å². The van der Waals surface area contributed by atoms with Crippen LogP contribution in [0.5, 0.6) is 11.5 Å². The molecule has 4 aromatic carbocycles. The highest BCUT2D eigenvalue weighted by molar-refractivity contribution is 5.92. The molecule has 0 fully saturated rings. The minimum atomic E-state index is -0.487. The predicted molar refractivity (Wildman–Crippen MR) is 134 cm³/mol. The Morgan fingerprint density at radius 1 is 0.514 bits per heavy atom. The van der Waals surface area contributed by atoms with Crippen LogP contribution in [0.3, 0.4) is 0 Å². The first-order chi connectivity index (χ1) is 17.2. The van der Waals surface area contributed by atoms with Crippen LogP contribution in [0.2, 0.25) is 0 Å². The average Bonchev–Trinajstić information content (AvgIpc) is 2.90. The first-order valence-electron chi connectivity index (χ1n) is 11.5. The third-order valence-corrected chi connectivity index (χ3v) is 5.36. The van der Waals surface area contributed by atoms with Gasteiger partial charge in [0.05, 0.1) is 24.3 Å². The number of hydrogen-bond donors (Lipinski definition) is 0. The zero-order valence-corrected chi connectivity index (χ0v) is 19.3. The lowest BCUT2D eigenvalue weighted by Gasteiger charge is -2.08. The van der Waals surface area contributed by atoms with Crippen LogP contribution in [0.15, 0.2) is 109 Å². The topological polar surface area (TPSA) is 61.8 Å². The summed E-state index contributed by atoms with van der Waals surface area (Å²) in [6, 6.07) is 33.1. The summed E-state index contributed by atoms with van der Waals surface area (Å²) in [5, 5.41) is 0. The molecule has 0 unspecified atom stereocenters. The first-order valence-corrected chi connectivity index (χ1v) is 11.5. The maximum absolute atomic E-state index is 12.5. The van der Waals surface area contributed by atoms with Crippen molar-refractivity contribution in [1.82, 2.24) is 0 Å². The Morgan fingerprint density at radius 2 is 1.00 bits per heavy atom. The van der Waals surface area contributed by atoms with Crippen LogP contribution in [0.1, 0.15) is 31.8 Å². The molecule has 0 aliphatic carbocycles. The minimum Gasteiger partial charge on any atom is -0.493 e. The van der Waals surface area contributed by atoms with Crippen LogP contribution in [-0.4, -0.2) is 25.2 Å². The molecule has 0 aliphatic heterocycles. The monoisotopic (exact) mass is 466 g/mol. The van der Waals surface area contributed by atoms with Gasteiger partial charge in [-0.15, -0.1) is 0 Å². The van der Waals surface area contributed by atoms with Gasteiger partial charge in [-0.05, 0) is 59.7 Å². The molecule has 0 atom stereocenters. The summed E-state index contributed by atoms with van der Waals surface area (Å²) in [7, 11) is 0. The van der Waals surface area contributed by atoms with Crippen molar-refractivity contribution in [2.24, 2.45) is 0 Å². The second kappa shape index (κ2) is 12.2. The van der Waals surface area contributed by atoms with E-state index in [1.54, 1.807) is 48.5 Å². The van der Waals surface area contributed by atoms with Crippen molar-refractivity contribution in [3.05, 3.63) is 131 Å². The fraction of sp³-hybridized carbons (Fsp3) is 0.133. The van der Waals surface area contributed by atoms with Gasteiger partial charge in [0.25, 0.3) is 0 Å². The lowest BCUT2D eigenvalue weighted by atomic mass is 10.2. The molecule has 0 radical (unpaired) electrons. The van der Waals surface area contributed by atoms with E-state index in [1.807, 2.05) is 48.5 Å². The van der Waals surface area contributed by atoms with Crippen molar-refractivity contribution in [2.75, 3.05) is 13.2 Å². The lowest BCUT2D eigenvalue weighted by Crippen LogP contribution is -2.10. The van der Waals surface area contributed by atoms with Crippen LogP contribution in [0.25, 0.3) is 0 Å². The van der Waals surface area contributed by atoms with Gasteiger partial charge < -0.3 is 14.2 Å². The van der Waals surface area contributed by atoms with E-state index in [-0.39, 0.29) is 0 Å². The van der Waals surface area contributed by atoms with Gasteiger partial charge >= 0.3 is 11.9 Å². The molecule has 5 heteroatoms. The smallest absolute Gasteiger partial charge is 0.343 e. The number of hydrogen-bond acceptors (Lipinski definition) is 5. The molecule has 5 nitrogen and oxygen atoms in total. The number of benzene rings is 4. The largest absolute Gasteiger partial charge is 0.493 e. The number of ether oxygens (including phenoxy) is 3. The maximum atomic E-state index is 12.5. The van der Waals surface area contributed by atoms with Crippen molar-refractivity contribution in [3.63, 3.8) is 0 Å². The number of carbonyl (C=O) groups is 2. The molecular formula is C30H26O5. The van der Waals surface area contributed by atoms with Gasteiger partial charge in [-0.25, -0.2) is 9.59 Å². The molecule has 4 aromatic rings. The fourth-order valence-electron chi connectivity index (χ4n) is 3.43. The van der Waals surface area contributed by atoms with Gasteiger partial charge in [0.2, 0.25) is 0 Å². The van der Waals surface area contributed by atoms with E-state index in [4.69, 9.17) is 14.2 Å². The van der Waals surface area contributed by atoms with E-state index in [2.05, 4.69) is 12.1 Å². The quantitative estimate of drug-likeness (QED) is 0.214. The van der Waals surface area contributed by atoms with E-state index in [0.717, 1.165) is 12.0 Å². The molecule has 0 spiro atoms. The first kappa shape index (κ1) is 23.8. The second-order valence-corrected chi connectivity index (χ2v) is 7.89. The van der Waals surface area contributed by atoms with E-state index < -0.39 is 11.9 Å². The molecule has 35 heavy (non-hydrogen) atoms. The van der Waals surface area contributed by atoms with Crippen LogP contribution in [0.4, 0.5) is 0 Å². The minimum absolute atomic E-state index is 0.297. The summed E-state index contributed by atoms with van der Waals surface area (Å²) < 4.78 is 16.5. The Bertz CT molecular complexity index is 1220. The summed E-state index contributed by atoms with van der Waals surface area (Å²) in [6.07, 6.45) is 1.46. The van der Waals surface area contributed by atoms with Crippen LogP contribution >= 0.6 is 0 Å². The van der Waals surface area contributed by atoms with Crippen molar-refractivity contribution in [1.29, 1.82) is 0 Å². The van der Waals surface area contributed by atoms with E-state index in [9.17, 15) is 9.59 Å². The highest BCUT2D eigenvalue weighted by Crippen LogP contribution is 2.17. The lowest BCUT2D eigenvalue weighted by molar-refractivity contribution is 0.0509. The van der Waals surface area contributed by atoms with Crippen molar-refractivity contribution in [3.8, 4) is 11.5 Å². The highest BCUT2D eigenvalue weighted by Gasteiger charge is 2.11. The van der Waals surface area contributed by atoms with Crippen LogP contribution < -0.4 is 9.47 Å². The predicted octanol–water partition coefficient (Wildman–Crippen LogP) is 5.93. The fourth-order valence-corrected chi connectivity index (χ4v) is 3.43. The Hall–Kier alpha value is -4.38. The van der Waals surface area contributed by atoms with Gasteiger partial charge in [-0.3, -0.25) is 0 Å². The third kappa shape index (κ3) is 7.30. The summed E-state index contributed by atoms with van der Waals surface area (Å²) >= 11 is 0. The van der Waals surface area contributed by atoms with Gasteiger partial charge in [0.15, 0.2) is 0 Å². The second-order valence-electron chi connectivity index (χ2n) is 7.89. The average molecular weight is 467 g/mol. The summed E-state index contributed by atoms with van der Waals surface area (Å²) in [5.74, 6) is 0.132. The number of carbonyl (C=O) groups excluding carboxylic acids is 2. The third-order valence-electron chi connectivity index (χ3n) is 5.36. The Labute approximate surface area is 204 Å².